The number of carbonyl (C=O) groups excluding carboxylic acids is 2. The topological polar surface area (TPSA) is 102 Å². The minimum Gasteiger partial charge on any atom is -0.493 e. The summed E-state index contributed by atoms with van der Waals surface area (Å²) in [5.74, 6) is 3.34. The van der Waals surface area contributed by atoms with Gasteiger partial charge in [0.1, 0.15) is 5.75 Å². The largest absolute Gasteiger partial charge is 0.493 e. The monoisotopic (exact) mass is 781 g/mol. The van der Waals surface area contributed by atoms with E-state index < -0.39 is 5.41 Å². The van der Waals surface area contributed by atoms with E-state index in [-0.39, 0.29) is 31.6 Å². The molecule has 0 unspecified atom stereocenters. The average Bonchev–Trinajstić information content (AvgIpc) is 3.20. The molecular weight excluding hydrogens is 701 g/mol. The van der Waals surface area contributed by atoms with Crippen molar-refractivity contribution >= 4 is 11.9 Å². The Balaban J connectivity index is 1.71. The van der Waals surface area contributed by atoms with Crippen LogP contribution in [0.1, 0.15) is 185 Å². The summed E-state index contributed by atoms with van der Waals surface area (Å²) in [6, 6.07) is 4.66. The van der Waals surface area contributed by atoms with Gasteiger partial charge in [-0.25, -0.2) is 4.79 Å². The predicted octanol–water partition coefficient (Wildman–Crippen LogP) is 11.6. The fraction of sp³-hybridized carbons (Fsp3) is 0.755. The molecule has 2 fully saturated rings. The van der Waals surface area contributed by atoms with Gasteiger partial charge in [0.15, 0.2) is 0 Å². The molecule has 0 spiro atoms. The summed E-state index contributed by atoms with van der Waals surface area (Å²) >= 11 is 0. The van der Waals surface area contributed by atoms with E-state index in [1.54, 1.807) is 6.92 Å². The van der Waals surface area contributed by atoms with Gasteiger partial charge in [-0.2, -0.15) is 0 Å². The van der Waals surface area contributed by atoms with Crippen LogP contribution in [0.5, 0.6) is 5.75 Å². The molecule has 0 amide bonds. The van der Waals surface area contributed by atoms with Crippen LogP contribution in [0.4, 0.5) is 0 Å². The molecule has 0 aromatic heterocycles. The highest BCUT2D eigenvalue weighted by Gasteiger charge is 2.32. The number of unbranched alkanes of at least 4 members (excludes halogenated alkanes) is 6. The number of ether oxygens (including phenoxy) is 3. The van der Waals surface area contributed by atoms with Crippen LogP contribution in [0.3, 0.4) is 0 Å². The van der Waals surface area contributed by atoms with Crippen molar-refractivity contribution in [2.75, 3.05) is 33.0 Å². The summed E-state index contributed by atoms with van der Waals surface area (Å²) in [5, 5.41) is 20.2. The van der Waals surface area contributed by atoms with Gasteiger partial charge >= 0.3 is 11.9 Å². The summed E-state index contributed by atoms with van der Waals surface area (Å²) in [6.07, 6.45) is 26.0. The number of hydrogen-bond donors (Lipinski definition) is 2. The normalized spacial score (nSPS) is 20.0. The Kier molecular flexibility index (Phi) is 22.5. The number of rotatable bonds is 28. The van der Waals surface area contributed by atoms with E-state index in [4.69, 9.17) is 14.2 Å². The number of carbonyl (C=O) groups is 2. The van der Waals surface area contributed by atoms with Crippen LogP contribution in [0.2, 0.25) is 0 Å². The third kappa shape index (κ3) is 16.7. The van der Waals surface area contributed by atoms with Crippen molar-refractivity contribution in [3.8, 4) is 5.75 Å². The second-order valence-corrected chi connectivity index (χ2v) is 17.7. The minimum absolute atomic E-state index is 0.102. The van der Waals surface area contributed by atoms with Gasteiger partial charge in [0, 0.05) is 11.0 Å². The average molecular weight is 781 g/mol. The molecule has 0 saturated heterocycles. The Hall–Kier alpha value is -2.64. The van der Waals surface area contributed by atoms with E-state index in [0.717, 1.165) is 40.2 Å². The molecule has 1 aromatic carbocycles. The zero-order valence-corrected chi connectivity index (χ0v) is 36.1. The molecule has 1 aromatic rings. The van der Waals surface area contributed by atoms with Gasteiger partial charge in [0.25, 0.3) is 0 Å². The first-order chi connectivity index (χ1) is 27.0. The van der Waals surface area contributed by atoms with Crippen molar-refractivity contribution < 1.29 is 34.0 Å². The van der Waals surface area contributed by atoms with E-state index in [0.29, 0.717) is 69.8 Å². The Labute approximate surface area is 341 Å². The molecular formula is C49H80O7. The van der Waals surface area contributed by atoms with Crippen molar-refractivity contribution in [2.45, 2.75) is 181 Å². The third-order valence-electron chi connectivity index (χ3n) is 13.1. The highest BCUT2D eigenvalue weighted by Crippen LogP contribution is 2.46. The summed E-state index contributed by atoms with van der Waals surface area (Å²) in [6.45, 7) is 16.1. The summed E-state index contributed by atoms with van der Waals surface area (Å²) < 4.78 is 17.6. The zero-order chi connectivity index (χ0) is 40.8. The highest BCUT2D eigenvalue weighted by molar-refractivity contribution is 5.86. The lowest BCUT2D eigenvalue weighted by atomic mass is 9.67. The van der Waals surface area contributed by atoms with Gasteiger partial charge in [0.05, 0.1) is 39.5 Å². The van der Waals surface area contributed by atoms with Crippen LogP contribution in [-0.4, -0.2) is 55.2 Å². The molecule has 2 saturated carbocycles. The molecule has 7 nitrogen and oxygen atoms in total. The minimum atomic E-state index is -0.597. The third-order valence-corrected chi connectivity index (χ3v) is 13.1. The maximum atomic E-state index is 12.3. The van der Waals surface area contributed by atoms with E-state index in [1.807, 2.05) is 13.8 Å². The van der Waals surface area contributed by atoms with Gasteiger partial charge in [-0.1, -0.05) is 109 Å². The van der Waals surface area contributed by atoms with Gasteiger partial charge in [0.2, 0.25) is 0 Å². The van der Waals surface area contributed by atoms with Crippen molar-refractivity contribution in [2.24, 2.45) is 23.2 Å². The molecule has 56 heavy (non-hydrogen) atoms. The number of benzene rings is 1. The Morgan fingerprint density at radius 1 is 0.732 bits per heavy atom. The van der Waals surface area contributed by atoms with Crippen molar-refractivity contribution in [1.29, 1.82) is 0 Å². The molecule has 0 aliphatic heterocycles. The molecule has 0 heterocycles. The second-order valence-electron chi connectivity index (χ2n) is 17.7. The number of aliphatic hydroxyl groups is 2. The molecule has 0 radical (unpaired) electrons. The van der Waals surface area contributed by atoms with Crippen LogP contribution < -0.4 is 4.74 Å². The van der Waals surface area contributed by atoms with Crippen molar-refractivity contribution in [3.05, 3.63) is 53.1 Å². The Morgan fingerprint density at radius 2 is 1.29 bits per heavy atom. The number of aryl methyl sites for hydroxylation is 2. The van der Waals surface area contributed by atoms with Crippen LogP contribution in [0.25, 0.3) is 0 Å². The molecule has 7 heteroatoms. The first-order valence-electron chi connectivity index (χ1n) is 22.7. The first-order valence-corrected chi connectivity index (χ1v) is 22.7. The van der Waals surface area contributed by atoms with E-state index >= 15 is 0 Å². The standard InChI is InChI=1S/C49H80O7/c1-7-9-10-11-12-13-14-17-39-20-22-40(23-21-39)41-24-26-42(27-25-41)45-33-43(18-15-29-54-46(52)32-37(3)4)47(55-31-28-49(8-2,35-50)36-51)44(34-45)19-16-30-56-48(53)38(5)6/h33-34,39-42,50-51H,3,5,7-32,35-36H2,1-2,4,6H3. The number of esters is 2. The fourth-order valence-corrected chi connectivity index (χ4v) is 9.11. The molecule has 0 atom stereocenters. The van der Waals surface area contributed by atoms with Gasteiger partial charge < -0.3 is 24.4 Å². The quantitative estimate of drug-likeness (QED) is 0.0378. The number of aliphatic hydroxyl groups excluding tert-OH is 2. The predicted molar refractivity (Wildman–Crippen MR) is 229 cm³/mol. The van der Waals surface area contributed by atoms with Crippen LogP contribution >= 0.6 is 0 Å². The maximum absolute atomic E-state index is 12.3. The van der Waals surface area contributed by atoms with E-state index in [9.17, 15) is 19.8 Å². The second kappa shape index (κ2) is 26.4. The molecule has 2 N–H and O–H groups in total. The first kappa shape index (κ1) is 47.7. The highest BCUT2D eigenvalue weighted by atomic mass is 16.5. The van der Waals surface area contributed by atoms with Gasteiger partial charge in [-0.15, -0.1) is 0 Å². The van der Waals surface area contributed by atoms with Crippen LogP contribution in [0, 0.1) is 23.2 Å². The van der Waals surface area contributed by atoms with Gasteiger partial charge in [-0.3, -0.25) is 4.79 Å². The Bertz CT molecular complexity index is 1310. The van der Waals surface area contributed by atoms with E-state index in [2.05, 4.69) is 32.2 Å². The Morgan fingerprint density at radius 3 is 1.82 bits per heavy atom. The molecule has 3 rings (SSSR count). The maximum Gasteiger partial charge on any atom is 0.333 e. The van der Waals surface area contributed by atoms with E-state index in [1.165, 1.54) is 108 Å². The number of hydrogen-bond acceptors (Lipinski definition) is 7. The van der Waals surface area contributed by atoms with Crippen LogP contribution in [0.15, 0.2) is 36.4 Å². The zero-order valence-electron chi connectivity index (χ0n) is 36.1. The molecule has 0 bridgehead atoms. The van der Waals surface area contributed by atoms with Crippen molar-refractivity contribution in [1.82, 2.24) is 0 Å². The molecule has 318 valence electrons. The van der Waals surface area contributed by atoms with Crippen molar-refractivity contribution in [3.63, 3.8) is 0 Å². The summed E-state index contributed by atoms with van der Waals surface area (Å²) in [5.41, 5.74) is 4.13. The van der Waals surface area contributed by atoms with Gasteiger partial charge in [-0.05, 0) is 131 Å². The van der Waals surface area contributed by atoms with Crippen LogP contribution in [-0.2, 0) is 31.9 Å². The summed E-state index contributed by atoms with van der Waals surface area (Å²) in [7, 11) is 0. The lowest BCUT2D eigenvalue weighted by Crippen LogP contribution is -2.31. The fourth-order valence-electron chi connectivity index (χ4n) is 9.11. The lowest BCUT2D eigenvalue weighted by molar-refractivity contribution is -0.143. The summed E-state index contributed by atoms with van der Waals surface area (Å²) in [4.78, 5) is 24.4. The molecule has 2 aliphatic rings. The molecule has 2 aliphatic carbocycles. The lowest BCUT2D eigenvalue weighted by Gasteiger charge is -2.38. The smallest absolute Gasteiger partial charge is 0.333 e. The SMILES string of the molecule is C=C(C)CC(=O)OCCCc1cc(C2CCC(C3CCC(CCCCCCCCC)CC3)CC2)cc(CCCOC(=O)C(=C)C)c1OCCC(CC)(CO)CO.